The van der Waals surface area contributed by atoms with Crippen molar-refractivity contribution in [1.29, 1.82) is 0 Å². The number of ether oxygens (including phenoxy) is 1. The maximum atomic E-state index is 13.1. The van der Waals surface area contributed by atoms with Gasteiger partial charge in [-0.2, -0.15) is 13.1 Å². The zero-order valence-electron chi connectivity index (χ0n) is 16.5. The van der Waals surface area contributed by atoms with Crippen LogP contribution in [0, 0.1) is 5.82 Å². The normalized spacial score (nSPS) is 15.5. The molecule has 1 fully saturated rings. The summed E-state index contributed by atoms with van der Waals surface area (Å²) in [6, 6.07) is 10.3. The van der Waals surface area contributed by atoms with Gasteiger partial charge in [0.05, 0.1) is 4.90 Å². The molecule has 2 aromatic carbocycles. The molecule has 2 aromatic rings. The van der Waals surface area contributed by atoms with Gasteiger partial charge in [-0.25, -0.2) is 17.6 Å². The number of alkyl halides is 2. The van der Waals surface area contributed by atoms with Crippen molar-refractivity contribution in [2.75, 3.05) is 26.2 Å². The SMILES string of the molecule is O=C(NCc1ccccc1OC(F)F)N1CCCN(S(=O)(=O)c2ccc(F)cc2)CC1. The Hall–Kier alpha value is -2.79. The fraction of sp³-hybridized carbons (Fsp3) is 0.350. The molecule has 1 aliphatic rings. The predicted molar refractivity (Wildman–Crippen MR) is 107 cm³/mol. The summed E-state index contributed by atoms with van der Waals surface area (Å²) in [5.41, 5.74) is 0.395. The number of amides is 2. The lowest BCUT2D eigenvalue weighted by Crippen LogP contribution is -2.42. The highest BCUT2D eigenvalue weighted by Gasteiger charge is 2.28. The fourth-order valence-electron chi connectivity index (χ4n) is 3.24. The van der Waals surface area contributed by atoms with E-state index in [9.17, 15) is 26.4 Å². The van der Waals surface area contributed by atoms with Gasteiger partial charge in [0.1, 0.15) is 11.6 Å². The van der Waals surface area contributed by atoms with Crippen molar-refractivity contribution < 1.29 is 31.1 Å². The Balaban J connectivity index is 1.59. The highest BCUT2D eigenvalue weighted by atomic mass is 32.2. The Kier molecular flexibility index (Phi) is 7.39. The lowest BCUT2D eigenvalue weighted by molar-refractivity contribution is -0.0504. The van der Waals surface area contributed by atoms with Gasteiger partial charge in [0.25, 0.3) is 0 Å². The average molecular weight is 457 g/mol. The van der Waals surface area contributed by atoms with Gasteiger partial charge in [-0.1, -0.05) is 18.2 Å². The summed E-state index contributed by atoms with van der Waals surface area (Å²) < 4.78 is 69.4. The number of nitrogens with one attached hydrogen (secondary N) is 1. The topological polar surface area (TPSA) is 79.0 Å². The molecule has 1 saturated heterocycles. The number of rotatable bonds is 6. The Labute approximate surface area is 178 Å². The molecule has 0 unspecified atom stereocenters. The average Bonchev–Trinajstić information content (AvgIpc) is 3.00. The number of para-hydroxylation sites is 1. The van der Waals surface area contributed by atoms with Crippen LogP contribution in [-0.4, -0.2) is 56.4 Å². The molecule has 0 bridgehead atoms. The Morgan fingerprint density at radius 1 is 1.03 bits per heavy atom. The van der Waals surface area contributed by atoms with E-state index in [4.69, 9.17) is 0 Å². The lowest BCUT2D eigenvalue weighted by atomic mass is 10.2. The number of urea groups is 1. The van der Waals surface area contributed by atoms with Gasteiger partial charge < -0.3 is 15.0 Å². The molecule has 0 aliphatic carbocycles. The number of carbonyl (C=O) groups is 1. The first-order valence-corrected chi connectivity index (χ1v) is 11.0. The summed E-state index contributed by atoms with van der Waals surface area (Å²) in [6.07, 6.45) is 0.416. The highest BCUT2D eigenvalue weighted by Crippen LogP contribution is 2.21. The minimum absolute atomic E-state index is 0.0116. The summed E-state index contributed by atoms with van der Waals surface area (Å²) in [6.45, 7) is -2.21. The summed E-state index contributed by atoms with van der Waals surface area (Å²) in [5.74, 6) is -0.552. The summed E-state index contributed by atoms with van der Waals surface area (Å²) in [7, 11) is -3.80. The predicted octanol–water partition coefficient (Wildman–Crippen LogP) is 3.03. The van der Waals surface area contributed by atoms with Crippen molar-refractivity contribution in [3.05, 3.63) is 59.9 Å². The van der Waals surface area contributed by atoms with Crippen molar-refractivity contribution in [3.8, 4) is 5.75 Å². The van der Waals surface area contributed by atoms with Gasteiger partial charge in [-0.15, -0.1) is 0 Å². The van der Waals surface area contributed by atoms with E-state index in [0.717, 1.165) is 12.1 Å². The van der Waals surface area contributed by atoms with Gasteiger partial charge in [-0.3, -0.25) is 0 Å². The lowest BCUT2D eigenvalue weighted by Gasteiger charge is -2.22. The molecular weight excluding hydrogens is 435 g/mol. The van der Waals surface area contributed by atoms with Gasteiger partial charge in [0.2, 0.25) is 10.0 Å². The zero-order chi connectivity index (χ0) is 22.4. The summed E-state index contributed by atoms with van der Waals surface area (Å²) in [4.78, 5) is 14.0. The third kappa shape index (κ3) is 5.88. The Morgan fingerprint density at radius 3 is 2.45 bits per heavy atom. The van der Waals surface area contributed by atoms with Crippen LogP contribution in [0.2, 0.25) is 0 Å². The molecule has 1 N–H and O–H groups in total. The number of carbonyl (C=O) groups excluding carboxylic acids is 1. The van der Waals surface area contributed by atoms with Crippen molar-refractivity contribution in [2.24, 2.45) is 0 Å². The molecule has 1 aliphatic heterocycles. The van der Waals surface area contributed by atoms with Gasteiger partial charge >= 0.3 is 12.6 Å². The van der Waals surface area contributed by atoms with E-state index >= 15 is 0 Å². The van der Waals surface area contributed by atoms with Crippen molar-refractivity contribution in [2.45, 2.75) is 24.5 Å². The molecule has 1 heterocycles. The van der Waals surface area contributed by atoms with Crippen molar-refractivity contribution in [3.63, 3.8) is 0 Å². The molecule has 31 heavy (non-hydrogen) atoms. The molecule has 0 saturated carbocycles. The zero-order valence-corrected chi connectivity index (χ0v) is 17.3. The minimum Gasteiger partial charge on any atom is -0.434 e. The van der Waals surface area contributed by atoms with E-state index in [1.165, 1.54) is 27.4 Å². The molecule has 0 radical (unpaired) electrons. The maximum absolute atomic E-state index is 13.1. The quantitative estimate of drug-likeness (QED) is 0.723. The maximum Gasteiger partial charge on any atom is 0.387 e. The molecule has 3 rings (SSSR count). The van der Waals surface area contributed by atoms with Crippen LogP contribution in [-0.2, 0) is 16.6 Å². The first kappa shape index (κ1) is 22.9. The smallest absolute Gasteiger partial charge is 0.387 e. The van der Waals surface area contributed by atoms with Crippen molar-refractivity contribution in [1.82, 2.24) is 14.5 Å². The first-order valence-electron chi connectivity index (χ1n) is 9.58. The molecule has 7 nitrogen and oxygen atoms in total. The van der Waals surface area contributed by atoms with Crippen molar-refractivity contribution >= 4 is 16.1 Å². The Bertz CT molecular complexity index is 1000. The van der Waals surface area contributed by atoms with Gasteiger partial charge in [0, 0.05) is 38.3 Å². The van der Waals surface area contributed by atoms with Crippen LogP contribution >= 0.6 is 0 Å². The first-order chi connectivity index (χ1) is 14.8. The number of sulfonamides is 1. The second-order valence-electron chi connectivity index (χ2n) is 6.84. The van der Waals surface area contributed by atoms with Crippen LogP contribution < -0.4 is 10.1 Å². The van der Waals surface area contributed by atoms with E-state index in [1.54, 1.807) is 18.2 Å². The van der Waals surface area contributed by atoms with Gasteiger partial charge in [0.15, 0.2) is 0 Å². The minimum atomic E-state index is -3.80. The number of hydrogen-bond acceptors (Lipinski definition) is 4. The van der Waals surface area contributed by atoms with Crippen LogP contribution in [0.3, 0.4) is 0 Å². The molecule has 2 amide bonds. The highest BCUT2D eigenvalue weighted by molar-refractivity contribution is 7.89. The molecule has 0 aromatic heterocycles. The van der Waals surface area contributed by atoms with Crippen LogP contribution in [0.5, 0.6) is 5.75 Å². The number of hydrogen-bond donors (Lipinski definition) is 1. The summed E-state index contributed by atoms with van der Waals surface area (Å²) >= 11 is 0. The second-order valence-corrected chi connectivity index (χ2v) is 8.78. The van der Waals surface area contributed by atoms with Crippen LogP contribution in [0.4, 0.5) is 18.0 Å². The number of benzene rings is 2. The molecular formula is C20H22F3N3O4S. The van der Waals surface area contributed by atoms with E-state index < -0.39 is 28.5 Å². The third-order valence-corrected chi connectivity index (χ3v) is 6.73. The second kappa shape index (κ2) is 10.0. The van der Waals surface area contributed by atoms with Crippen LogP contribution in [0.1, 0.15) is 12.0 Å². The van der Waals surface area contributed by atoms with E-state index in [-0.39, 0.29) is 36.8 Å². The fourth-order valence-corrected chi connectivity index (χ4v) is 4.71. The standard InChI is InChI=1S/C20H22F3N3O4S/c21-16-6-8-17(9-7-16)31(28,29)26-11-3-10-25(12-13-26)20(27)24-14-15-4-1-2-5-18(15)30-19(22)23/h1-2,4-9,19H,3,10-14H2,(H,24,27). The molecule has 11 heteroatoms. The van der Waals surface area contributed by atoms with Crippen LogP contribution in [0.15, 0.2) is 53.4 Å². The van der Waals surface area contributed by atoms with E-state index in [2.05, 4.69) is 10.1 Å². The largest absolute Gasteiger partial charge is 0.434 e. The molecule has 0 atom stereocenters. The Morgan fingerprint density at radius 2 is 1.74 bits per heavy atom. The monoisotopic (exact) mass is 457 g/mol. The molecule has 168 valence electrons. The molecule has 0 spiro atoms. The third-order valence-electron chi connectivity index (χ3n) is 4.81. The van der Waals surface area contributed by atoms with Crippen LogP contribution in [0.25, 0.3) is 0 Å². The van der Waals surface area contributed by atoms with Gasteiger partial charge in [-0.05, 0) is 36.8 Å². The van der Waals surface area contributed by atoms with E-state index in [0.29, 0.717) is 18.5 Å². The number of nitrogens with zero attached hydrogens (tertiary/aromatic N) is 2. The summed E-state index contributed by atoms with van der Waals surface area (Å²) in [5, 5.41) is 2.65. The van der Waals surface area contributed by atoms with E-state index in [1.807, 2.05) is 0 Å². The number of halogens is 3.